The first-order chi connectivity index (χ1) is 10.5. The fourth-order valence-corrected chi connectivity index (χ4v) is 3.11. The van der Waals surface area contributed by atoms with E-state index < -0.39 is 0 Å². The molecule has 2 aliphatic heterocycles. The molecule has 0 saturated carbocycles. The summed E-state index contributed by atoms with van der Waals surface area (Å²) in [5.74, 6) is 0. The van der Waals surface area contributed by atoms with Gasteiger partial charge in [0.05, 0.1) is 45.1 Å². The molecule has 6 nitrogen and oxygen atoms in total. The minimum atomic E-state index is -0.233. The van der Waals surface area contributed by atoms with Crippen molar-refractivity contribution in [3.8, 4) is 0 Å². The van der Waals surface area contributed by atoms with Gasteiger partial charge in [0.25, 0.3) is 0 Å². The average molecular weight is 316 g/mol. The lowest BCUT2D eigenvalue weighted by Crippen LogP contribution is -2.55. The highest BCUT2D eigenvalue weighted by atomic mass is 16.7. The van der Waals surface area contributed by atoms with Crippen molar-refractivity contribution in [3.05, 3.63) is 0 Å². The number of aliphatic hydroxyl groups excluding tert-OH is 1. The zero-order valence-corrected chi connectivity index (χ0v) is 14.4. The van der Waals surface area contributed by atoms with Crippen LogP contribution in [0.2, 0.25) is 0 Å². The maximum Gasteiger partial charge on any atom is 0.170 e. The Labute approximate surface area is 134 Å². The standard InChI is InChI=1S/C16H32N2O4/c1-12(2)17-5-6-20-15(7-17)11-22-16-8-18(13(3)4)14(9-19)10-21-16/h12-16,19H,5-11H2,1-4H3. The van der Waals surface area contributed by atoms with Gasteiger partial charge in [0.15, 0.2) is 6.29 Å². The Morgan fingerprint density at radius 2 is 1.91 bits per heavy atom. The van der Waals surface area contributed by atoms with Crippen molar-refractivity contribution in [2.24, 2.45) is 0 Å². The van der Waals surface area contributed by atoms with E-state index in [9.17, 15) is 5.11 Å². The lowest BCUT2D eigenvalue weighted by atomic mass is 10.2. The summed E-state index contributed by atoms with van der Waals surface area (Å²) in [6.45, 7) is 13.3. The first kappa shape index (κ1) is 18.1. The molecule has 0 aromatic rings. The molecule has 2 fully saturated rings. The van der Waals surface area contributed by atoms with Gasteiger partial charge in [-0.2, -0.15) is 0 Å². The lowest BCUT2D eigenvalue weighted by Gasteiger charge is -2.41. The van der Waals surface area contributed by atoms with Crippen LogP contribution in [0.3, 0.4) is 0 Å². The third-order valence-corrected chi connectivity index (χ3v) is 4.55. The Balaban J connectivity index is 1.77. The summed E-state index contributed by atoms with van der Waals surface area (Å²) < 4.78 is 17.5. The van der Waals surface area contributed by atoms with Gasteiger partial charge in [0, 0.05) is 25.2 Å². The molecule has 0 aromatic heterocycles. The van der Waals surface area contributed by atoms with Crippen LogP contribution in [0, 0.1) is 0 Å². The van der Waals surface area contributed by atoms with Gasteiger partial charge < -0.3 is 19.3 Å². The van der Waals surface area contributed by atoms with Gasteiger partial charge in [0.1, 0.15) is 0 Å². The first-order valence-electron chi connectivity index (χ1n) is 8.46. The molecular weight excluding hydrogens is 284 g/mol. The van der Waals surface area contributed by atoms with Crippen molar-refractivity contribution < 1.29 is 19.3 Å². The van der Waals surface area contributed by atoms with Crippen LogP contribution >= 0.6 is 0 Å². The van der Waals surface area contributed by atoms with Crippen molar-refractivity contribution in [1.82, 2.24) is 9.80 Å². The zero-order chi connectivity index (χ0) is 16.1. The number of morpholine rings is 2. The Hall–Kier alpha value is -0.240. The quantitative estimate of drug-likeness (QED) is 0.772. The van der Waals surface area contributed by atoms with E-state index in [0.29, 0.717) is 31.8 Å². The van der Waals surface area contributed by atoms with Crippen LogP contribution in [-0.2, 0) is 14.2 Å². The van der Waals surface area contributed by atoms with Crippen LogP contribution in [0.4, 0.5) is 0 Å². The van der Waals surface area contributed by atoms with Gasteiger partial charge in [-0.1, -0.05) is 0 Å². The zero-order valence-electron chi connectivity index (χ0n) is 14.4. The Kier molecular flexibility index (Phi) is 7.05. The van der Waals surface area contributed by atoms with Gasteiger partial charge >= 0.3 is 0 Å². The van der Waals surface area contributed by atoms with Crippen LogP contribution in [0.1, 0.15) is 27.7 Å². The summed E-state index contributed by atoms with van der Waals surface area (Å²) in [5, 5.41) is 9.42. The minimum Gasteiger partial charge on any atom is -0.395 e. The molecule has 1 N–H and O–H groups in total. The smallest absolute Gasteiger partial charge is 0.170 e. The number of hydrogen-bond acceptors (Lipinski definition) is 6. The minimum absolute atomic E-state index is 0.0715. The molecule has 22 heavy (non-hydrogen) atoms. The summed E-state index contributed by atoms with van der Waals surface area (Å²) >= 11 is 0. The fraction of sp³-hybridized carbons (Fsp3) is 1.00. The molecule has 0 spiro atoms. The summed E-state index contributed by atoms with van der Waals surface area (Å²) in [6.07, 6.45) is -0.119. The fourth-order valence-electron chi connectivity index (χ4n) is 3.11. The third kappa shape index (κ3) is 4.88. The van der Waals surface area contributed by atoms with E-state index in [4.69, 9.17) is 14.2 Å². The molecule has 2 rings (SSSR count). The second kappa shape index (κ2) is 8.57. The van der Waals surface area contributed by atoms with Crippen molar-refractivity contribution >= 4 is 0 Å². The molecule has 3 unspecified atom stereocenters. The predicted molar refractivity (Wildman–Crippen MR) is 84.9 cm³/mol. The average Bonchev–Trinajstić information content (AvgIpc) is 2.52. The molecule has 3 atom stereocenters. The molecule has 0 aromatic carbocycles. The van der Waals surface area contributed by atoms with Crippen LogP contribution in [0.25, 0.3) is 0 Å². The van der Waals surface area contributed by atoms with Gasteiger partial charge in [-0.25, -0.2) is 0 Å². The molecule has 2 heterocycles. The van der Waals surface area contributed by atoms with Crippen molar-refractivity contribution in [1.29, 1.82) is 0 Å². The lowest BCUT2D eigenvalue weighted by molar-refractivity contribution is -0.218. The normalized spacial score (nSPS) is 32.0. The molecule has 0 radical (unpaired) electrons. The number of ether oxygens (including phenoxy) is 3. The van der Waals surface area contributed by atoms with E-state index in [1.165, 1.54) is 0 Å². The molecule has 2 aliphatic rings. The predicted octanol–water partition coefficient (Wildman–Crippen LogP) is 0.540. The molecule has 0 amide bonds. The van der Waals surface area contributed by atoms with E-state index in [1.54, 1.807) is 0 Å². The van der Waals surface area contributed by atoms with Gasteiger partial charge in [-0.15, -0.1) is 0 Å². The van der Waals surface area contributed by atoms with Crippen LogP contribution < -0.4 is 0 Å². The second-order valence-electron chi connectivity index (χ2n) is 6.80. The van der Waals surface area contributed by atoms with Gasteiger partial charge in [0.2, 0.25) is 0 Å². The molecule has 0 bridgehead atoms. The van der Waals surface area contributed by atoms with Gasteiger partial charge in [-0.3, -0.25) is 9.80 Å². The van der Waals surface area contributed by atoms with Gasteiger partial charge in [-0.05, 0) is 27.7 Å². The largest absolute Gasteiger partial charge is 0.395 e. The third-order valence-electron chi connectivity index (χ3n) is 4.55. The van der Waals surface area contributed by atoms with Crippen molar-refractivity contribution in [2.75, 3.05) is 46.1 Å². The van der Waals surface area contributed by atoms with E-state index in [1.807, 2.05) is 0 Å². The number of hydrogen-bond donors (Lipinski definition) is 1. The Morgan fingerprint density at radius 3 is 2.55 bits per heavy atom. The summed E-state index contributed by atoms with van der Waals surface area (Å²) in [5.41, 5.74) is 0. The summed E-state index contributed by atoms with van der Waals surface area (Å²) in [7, 11) is 0. The number of nitrogens with zero attached hydrogens (tertiary/aromatic N) is 2. The maximum absolute atomic E-state index is 9.42. The van der Waals surface area contributed by atoms with E-state index >= 15 is 0 Å². The van der Waals surface area contributed by atoms with Crippen molar-refractivity contribution in [3.63, 3.8) is 0 Å². The molecular formula is C16H32N2O4. The second-order valence-corrected chi connectivity index (χ2v) is 6.80. The highest BCUT2D eigenvalue weighted by molar-refractivity contribution is 4.80. The maximum atomic E-state index is 9.42. The highest BCUT2D eigenvalue weighted by Gasteiger charge is 2.31. The van der Waals surface area contributed by atoms with Crippen LogP contribution in [0.15, 0.2) is 0 Å². The van der Waals surface area contributed by atoms with Crippen molar-refractivity contribution in [2.45, 2.75) is 58.2 Å². The monoisotopic (exact) mass is 316 g/mol. The Bertz CT molecular complexity index is 327. The van der Waals surface area contributed by atoms with Crippen LogP contribution in [-0.4, -0.2) is 91.5 Å². The molecule has 0 aliphatic carbocycles. The van der Waals surface area contributed by atoms with E-state index in [2.05, 4.69) is 37.5 Å². The highest BCUT2D eigenvalue weighted by Crippen LogP contribution is 2.17. The summed E-state index contributed by atoms with van der Waals surface area (Å²) in [6, 6.07) is 0.982. The number of aliphatic hydroxyl groups is 1. The molecule has 2 saturated heterocycles. The van der Waals surface area contributed by atoms with E-state index in [-0.39, 0.29) is 25.0 Å². The summed E-state index contributed by atoms with van der Waals surface area (Å²) in [4.78, 5) is 4.66. The molecule has 6 heteroatoms. The molecule has 130 valence electrons. The first-order valence-corrected chi connectivity index (χ1v) is 8.46. The SMILES string of the molecule is CC(C)N1CCOC(COC2CN(C(C)C)C(CO)CO2)C1. The van der Waals surface area contributed by atoms with Crippen LogP contribution in [0.5, 0.6) is 0 Å². The number of rotatable bonds is 6. The van der Waals surface area contributed by atoms with E-state index in [0.717, 1.165) is 19.7 Å². The topological polar surface area (TPSA) is 54.4 Å². The Morgan fingerprint density at radius 1 is 1.14 bits per heavy atom.